The van der Waals surface area contributed by atoms with Crippen molar-refractivity contribution < 1.29 is 23.5 Å². The number of halogens is 1. The molecule has 3 fully saturated rings. The number of nitrogens with zero attached hydrogens (tertiary/aromatic N) is 2. The van der Waals surface area contributed by atoms with Crippen LogP contribution in [0.2, 0.25) is 0 Å². The molecule has 6 unspecified atom stereocenters. The van der Waals surface area contributed by atoms with Crippen LogP contribution in [0.1, 0.15) is 59.3 Å². The summed E-state index contributed by atoms with van der Waals surface area (Å²) in [5.41, 5.74) is 0. The highest BCUT2D eigenvalue weighted by Gasteiger charge is 2.43. The molecule has 0 aromatic carbocycles. The van der Waals surface area contributed by atoms with Crippen LogP contribution in [0.15, 0.2) is 0 Å². The van der Waals surface area contributed by atoms with Crippen LogP contribution >= 0.6 is 0 Å². The van der Waals surface area contributed by atoms with Crippen LogP contribution in [0.3, 0.4) is 0 Å². The predicted molar refractivity (Wildman–Crippen MR) is 113 cm³/mol. The Hall–Kier alpha value is -1.21. The zero-order valence-corrected chi connectivity index (χ0v) is 19.2. The minimum Gasteiger partial charge on any atom is -0.381 e. The zero-order chi connectivity index (χ0) is 22.0. The summed E-state index contributed by atoms with van der Waals surface area (Å²) in [7, 11) is 3.34. The molecule has 172 valence electrons. The number of carbonyl (C=O) groups is 2. The van der Waals surface area contributed by atoms with Gasteiger partial charge in [0.2, 0.25) is 11.8 Å². The first kappa shape index (κ1) is 23.5. The summed E-state index contributed by atoms with van der Waals surface area (Å²) in [6, 6.07) is -0.122. The third-order valence-corrected chi connectivity index (χ3v) is 7.60. The molecule has 2 amide bonds. The SMILES string of the molecule is COC1CCC(C(=O)N2C[C@@H](C)N(C(=O)C3CCC(OC)C(C)C3)[C@H](C)C2)C(F)C1. The van der Waals surface area contributed by atoms with Crippen molar-refractivity contribution >= 4 is 11.8 Å². The van der Waals surface area contributed by atoms with Crippen LogP contribution < -0.4 is 0 Å². The molecule has 0 radical (unpaired) electrons. The summed E-state index contributed by atoms with van der Waals surface area (Å²) in [6.45, 7) is 7.13. The number of hydrogen-bond donors (Lipinski definition) is 0. The first-order valence-electron chi connectivity index (χ1n) is 11.6. The lowest BCUT2D eigenvalue weighted by molar-refractivity contribution is -0.154. The van der Waals surface area contributed by atoms with E-state index in [2.05, 4.69) is 6.92 Å². The average Bonchev–Trinajstić information content (AvgIpc) is 2.72. The van der Waals surface area contributed by atoms with Gasteiger partial charge in [0.1, 0.15) is 6.17 Å². The maximum absolute atomic E-state index is 14.6. The van der Waals surface area contributed by atoms with E-state index in [1.807, 2.05) is 18.7 Å². The third kappa shape index (κ3) is 4.82. The van der Waals surface area contributed by atoms with Gasteiger partial charge in [0, 0.05) is 51.7 Å². The van der Waals surface area contributed by atoms with Crippen LogP contribution in [0, 0.1) is 17.8 Å². The predicted octanol–water partition coefficient (Wildman–Crippen LogP) is 3.04. The smallest absolute Gasteiger partial charge is 0.228 e. The van der Waals surface area contributed by atoms with Crippen molar-refractivity contribution in [1.29, 1.82) is 0 Å². The van der Waals surface area contributed by atoms with Crippen molar-refractivity contribution in [1.82, 2.24) is 9.80 Å². The molecule has 2 aliphatic carbocycles. The second-order valence-electron chi connectivity index (χ2n) is 9.74. The Labute approximate surface area is 180 Å². The van der Waals surface area contributed by atoms with Gasteiger partial charge in [0.25, 0.3) is 0 Å². The molecule has 1 aliphatic heterocycles. The van der Waals surface area contributed by atoms with Gasteiger partial charge in [-0.25, -0.2) is 4.39 Å². The lowest BCUT2D eigenvalue weighted by atomic mass is 9.79. The van der Waals surface area contributed by atoms with E-state index >= 15 is 0 Å². The quantitative estimate of drug-likeness (QED) is 0.693. The maximum atomic E-state index is 14.6. The molecule has 3 rings (SSSR count). The minimum atomic E-state index is -1.15. The molecule has 7 heteroatoms. The van der Waals surface area contributed by atoms with Gasteiger partial charge >= 0.3 is 0 Å². The molecule has 2 saturated carbocycles. The van der Waals surface area contributed by atoms with Crippen LogP contribution in [0.4, 0.5) is 4.39 Å². The van der Waals surface area contributed by atoms with Crippen LogP contribution in [-0.2, 0) is 19.1 Å². The van der Waals surface area contributed by atoms with E-state index in [1.54, 1.807) is 19.1 Å². The topological polar surface area (TPSA) is 59.1 Å². The second kappa shape index (κ2) is 9.94. The first-order valence-corrected chi connectivity index (χ1v) is 11.6. The zero-order valence-electron chi connectivity index (χ0n) is 19.2. The van der Waals surface area contributed by atoms with E-state index in [4.69, 9.17) is 9.47 Å². The van der Waals surface area contributed by atoms with Crippen LogP contribution in [-0.4, -0.2) is 79.4 Å². The molecule has 3 aliphatic rings. The Morgan fingerprint density at radius 3 is 2.07 bits per heavy atom. The summed E-state index contributed by atoms with van der Waals surface area (Å²) in [5, 5.41) is 0. The van der Waals surface area contributed by atoms with E-state index in [0.717, 1.165) is 25.7 Å². The van der Waals surface area contributed by atoms with Gasteiger partial charge in [-0.3, -0.25) is 9.59 Å². The third-order valence-electron chi connectivity index (χ3n) is 7.60. The Balaban J connectivity index is 1.60. The number of piperazine rings is 1. The van der Waals surface area contributed by atoms with E-state index in [1.165, 1.54) is 0 Å². The minimum absolute atomic E-state index is 0.0260. The van der Waals surface area contributed by atoms with Crippen molar-refractivity contribution in [3.8, 4) is 0 Å². The van der Waals surface area contributed by atoms with E-state index in [-0.39, 0.29) is 42.0 Å². The maximum Gasteiger partial charge on any atom is 0.228 e. The lowest BCUT2D eigenvalue weighted by Crippen LogP contribution is -2.62. The molecule has 0 N–H and O–H groups in total. The van der Waals surface area contributed by atoms with Crippen molar-refractivity contribution in [3.63, 3.8) is 0 Å². The summed E-state index contributed by atoms with van der Waals surface area (Å²) >= 11 is 0. The Morgan fingerprint density at radius 1 is 0.867 bits per heavy atom. The van der Waals surface area contributed by atoms with Crippen molar-refractivity contribution in [2.75, 3.05) is 27.3 Å². The van der Waals surface area contributed by atoms with Gasteiger partial charge in [-0.15, -0.1) is 0 Å². The fraction of sp³-hybridized carbons (Fsp3) is 0.913. The highest BCUT2D eigenvalue weighted by Crippen LogP contribution is 2.35. The molecule has 0 aromatic rings. The normalized spacial score (nSPS) is 40.3. The monoisotopic (exact) mass is 426 g/mol. The van der Waals surface area contributed by atoms with Gasteiger partial charge in [0.15, 0.2) is 0 Å². The first-order chi connectivity index (χ1) is 14.3. The number of alkyl halides is 1. The number of carbonyl (C=O) groups excluding carboxylic acids is 2. The van der Waals surface area contributed by atoms with E-state index in [9.17, 15) is 14.0 Å². The Bertz CT molecular complexity index is 606. The van der Waals surface area contributed by atoms with Gasteiger partial charge < -0.3 is 19.3 Å². The molecule has 6 nitrogen and oxygen atoms in total. The summed E-state index contributed by atoms with van der Waals surface area (Å²) in [5.74, 6) is -0.0826. The largest absolute Gasteiger partial charge is 0.381 e. The lowest BCUT2D eigenvalue weighted by Gasteiger charge is -2.47. The fourth-order valence-corrected chi connectivity index (χ4v) is 5.90. The number of rotatable bonds is 4. The highest BCUT2D eigenvalue weighted by atomic mass is 19.1. The molecule has 30 heavy (non-hydrogen) atoms. The highest BCUT2D eigenvalue weighted by molar-refractivity contribution is 5.82. The van der Waals surface area contributed by atoms with Crippen molar-refractivity contribution in [2.45, 2.75) is 89.8 Å². The molecule has 1 saturated heterocycles. The van der Waals surface area contributed by atoms with Crippen molar-refractivity contribution in [2.24, 2.45) is 17.8 Å². The van der Waals surface area contributed by atoms with Crippen LogP contribution in [0.5, 0.6) is 0 Å². The standard InChI is InChI=1S/C23H39FN2O4/c1-14-10-17(6-9-21(14)30-5)22(27)26-15(2)12-25(13-16(26)3)23(28)19-8-7-18(29-4)11-20(19)24/h14-21H,6-13H2,1-5H3/t14?,15-,16-,17?,18?,19?,20?,21?/m1/s1. The van der Waals surface area contributed by atoms with E-state index < -0.39 is 12.1 Å². The molecular weight excluding hydrogens is 387 g/mol. The molecule has 0 spiro atoms. The number of ether oxygens (including phenoxy) is 2. The summed E-state index contributed by atoms with van der Waals surface area (Å²) < 4.78 is 25.4. The molecule has 8 atom stereocenters. The molecule has 0 aromatic heterocycles. The number of methoxy groups -OCH3 is 2. The Kier molecular flexibility index (Phi) is 7.77. The number of hydrogen-bond acceptors (Lipinski definition) is 4. The molecule has 0 bridgehead atoms. The average molecular weight is 427 g/mol. The van der Waals surface area contributed by atoms with Crippen molar-refractivity contribution in [3.05, 3.63) is 0 Å². The Morgan fingerprint density at radius 2 is 1.53 bits per heavy atom. The summed E-state index contributed by atoms with van der Waals surface area (Å²) in [6.07, 6.45) is 3.15. The van der Waals surface area contributed by atoms with Gasteiger partial charge in [0.05, 0.1) is 18.1 Å². The fourth-order valence-electron chi connectivity index (χ4n) is 5.90. The van der Waals surface area contributed by atoms with Gasteiger partial charge in [-0.1, -0.05) is 6.92 Å². The molecular formula is C23H39FN2O4. The van der Waals surface area contributed by atoms with Gasteiger partial charge in [-0.05, 0) is 51.9 Å². The van der Waals surface area contributed by atoms with Crippen LogP contribution in [0.25, 0.3) is 0 Å². The summed E-state index contributed by atoms with van der Waals surface area (Å²) in [4.78, 5) is 30.2. The van der Waals surface area contributed by atoms with Gasteiger partial charge in [-0.2, -0.15) is 0 Å². The molecule has 1 heterocycles. The van der Waals surface area contributed by atoms with E-state index in [0.29, 0.717) is 31.8 Å². The number of amides is 2. The second-order valence-corrected chi connectivity index (χ2v) is 9.74.